The van der Waals surface area contributed by atoms with Crippen LogP contribution < -0.4 is 0 Å². The predicted octanol–water partition coefficient (Wildman–Crippen LogP) is 1.80. The van der Waals surface area contributed by atoms with Crippen LogP contribution in [0.2, 0.25) is 0 Å². The molecule has 0 saturated carbocycles. The maximum Gasteiger partial charge on any atom is 0.0260 e. The number of rotatable bonds is 1. The Morgan fingerprint density at radius 2 is 2.50 bits per heavy atom. The van der Waals surface area contributed by atoms with E-state index in [4.69, 9.17) is 0 Å². The van der Waals surface area contributed by atoms with E-state index in [-0.39, 0.29) is 0 Å². The van der Waals surface area contributed by atoms with Gasteiger partial charge in [-0.05, 0) is 19.3 Å². The normalized spacial score (nSPS) is 39.5. The molecule has 2 aliphatic rings. The molecule has 0 N–H and O–H groups in total. The molecule has 1 heteroatoms. The summed E-state index contributed by atoms with van der Waals surface area (Å²) in [5, 5.41) is 0. The fraction of sp³-hybridized carbons (Fsp3) is 0.778. The summed E-state index contributed by atoms with van der Waals surface area (Å²) in [5.74, 6) is 0. The minimum absolute atomic E-state index is 0.580. The van der Waals surface area contributed by atoms with Gasteiger partial charge in [0.2, 0.25) is 0 Å². The predicted molar refractivity (Wildman–Crippen MR) is 43.0 cm³/mol. The van der Waals surface area contributed by atoms with E-state index in [1.807, 2.05) is 0 Å². The van der Waals surface area contributed by atoms with Crippen LogP contribution >= 0.6 is 0 Å². The summed E-state index contributed by atoms with van der Waals surface area (Å²) >= 11 is 0. The first-order valence-corrected chi connectivity index (χ1v) is 4.18. The standard InChI is InChI=1S/C9H15N/c1-3-9-4-5-10(9)7-8(2)6-9/h2-7H2,1H3/t9-/m0/s1. The minimum Gasteiger partial charge on any atom is -0.293 e. The van der Waals surface area contributed by atoms with E-state index in [1.54, 1.807) is 0 Å². The third-order valence-electron chi connectivity index (χ3n) is 3.17. The van der Waals surface area contributed by atoms with E-state index < -0.39 is 0 Å². The topological polar surface area (TPSA) is 3.24 Å². The molecule has 2 saturated heterocycles. The van der Waals surface area contributed by atoms with Crippen molar-refractivity contribution in [2.45, 2.75) is 31.7 Å². The molecule has 56 valence electrons. The van der Waals surface area contributed by atoms with Gasteiger partial charge >= 0.3 is 0 Å². The molecule has 0 aromatic carbocycles. The highest BCUT2D eigenvalue weighted by atomic mass is 15.3. The van der Waals surface area contributed by atoms with Gasteiger partial charge in [0, 0.05) is 18.6 Å². The largest absolute Gasteiger partial charge is 0.293 e. The van der Waals surface area contributed by atoms with Gasteiger partial charge in [-0.2, -0.15) is 0 Å². The van der Waals surface area contributed by atoms with Crippen LogP contribution in [0.15, 0.2) is 12.2 Å². The zero-order valence-electron chi connectivity index (χ0n) is 6.69. The van der Waals surface area contributed by atoms with Crippen molar-refractivity contribution in [3.63, 3.8) is 0 Å². The highest BCUT2D eigenvalue weighted by Crippen LogP contribution is 2.44. The summed E-state index contributed by atoms with van der Waals surface area (Å²) in [4.78, 5) is 2.58. The average Bonchev–Trinajstić information content (AvgIpc) is 2.11. The lowest BCUT2D eigenvalue weighted by Crippen LogP contribution is -2.54. The third kappa shape index (κ3) is 0.615. The molecule has 0 spiro atoms. The second-order valence-electron chi connectivity index (χ2n) is 3.68. The van der Waals surface area contributed by atoms with E-state index in [0.29, 0.717) is 5.54 Å². The highest BCUT2D eigenvalue weighted by Gasteiger charge is 2.47. The van der Waals surface area contributed by atoms with Crippen LogP contribution in [0.4, 0.5) is 0 Å². The van der Waals surface area contributed by atoms with Crippen molar-refractivity contribution in [1.82, 2.24) is 4.90 Å². The van der Waals surface area contributed by atoms with Gasteiger partial charge in [0.15, 0.2) is 0 Å². The van der Waals surface area contributed by atoms with Gasteiger partial charge in [-0.15, -0.1) is 0 Å². The van der Waals surface area contributed by atoms with E-state index in [2.05, 4.69) is 18.4 Å². The Morgan fingerprint density at radius 1 is 1.70 bits per heavy atom. The van der Waals surface area contributed by atoms with Crippen LogP contribution in [-0.2, 0) is 0 Å². The molecular formula is C9H15N. The van der Waals surface area contributed by atoms with Crippen molar-refractivity contribution in [2.75, 3.05) is 13.1 Å². The Bertz CT molecular complexity index is 170. The van der Waals surface area contributed by atoms with Gasteiger partial charge in [0.05, 0.1) is 0 Å². The summed E-state index contributed by atoms with van der Waals surface area (Å²) in [5.41, 5.74) is 2.02. The molecule has 0 bridgehead atoms. The van der Waals surface area contributed by atoms with E-state index in [1.165, 1.54) is 37.9 Å². The van der Waals surface area contributed by atoms with Crippen LogP contribution in [-0.4, -0.2) is 23.5 Å². The van der Waals surface area contributed by atoms with Crippen molar-refractivity contribution in [3.8, 4) is 0 Å². The smallest absolute Gasteiger partial charge is 0.0260 e. The zero-order valence-corrected chi connectivity index (χ0v) is 6.69. The number of fused-ring (bicyclic) bond motifs is 1. The lowest BCUT2D eigenvalue weighted by molar-refractivity contribution is 0.0245. The molecule has 1 nitrogen and oxygen atoms in total. The van der Waals surface area contributed by atoms with Gasteiger partial charge in [0.1, 0.15) is 0 Å². The number of nitrogens with zero attached hydrogens (tertiary/aromatic N) is 1. The minimum atomic E-state index is 0.580. The monoisotopic (exact) mass is 137 g/mol. The van der Waals surface area contributed by atoms with Crippen LogP contribution in [0.25, 0.3) is 0 Å². The van der Waals surface area contributed by atoms with E-state index in [9.17, 15) is 0 Å². The Morgan fingerprint density at radius 3 is 2.80 bits per heavy atom. The Balaban J connectivity index is 2.17. The quantitative estimate of drug-likeness (QED) is 0.498. The fourth-order valence-electron chi connectivity index (χ4n) is 2.35. The van der Waals surface area contributed by atoms with Gasteiger partial charge < -0.3 is 0 Å². The molecule has 0 amide bonds. The molecular weight excluding hydrogens is 122 g/mol. The summed E-state index contributed by atoms with van der Waals surface area (Å²) in [7, 11) is 0. The van der Waals surface area contributed by atoms with E-state index in [0.717, 1.165) is 0 Å². The van der Waals surface area contributed by atoms with Crippen molar-refractivity contribution in [1.29, 1.82) is 0 Å². The second-order valence-corrected chi connectivity index (χ2v) is 3.68. The van der Waals surface area contributed by atoms with Crippen LogP contribution in [0.1, 0.15) is 26.2 Å². The first-order chi connectivity index (χ1) is 4.77. The van der Waals surface area contributed by atoms with Crippen LogP contribution in [0.3, 0.4) is 0 Å². The zero-order chi connectivity index (χ0) is 7.19. The third-order valence-corrected chi connectivity index (χ3v) is 3.17. The molecule has 2 rings (SSSR count). The number of hydrogen-bond donors (Lipinski definition) is 0. The molecule has 10 heavy (non-hydrogen) atoms. The SMILES string of the molecule is C=C1CN2CC[C@@]2(CC)C1. The van der Waals surface area contributed by atoms with Crippen molar-refractivity contribution in [2.24, 2.45) is 0 Å². The van der Waals surface area contributed by atoms with Crippen LogP contribution in [0.5, 0.6) is 0 Å². The van der Waals surface area contributed by atoms with Gasteiger partial charge in [0.25, 0.3) is 0 Å². The first kappa shape index (κ1) is 6.41. The Labute approximate surface area is 62.7 Å². The Kier molecular flexibility index (Phi) is 1.19. The van der Waals surface area contributed by atoms with Crippen molar-refractivity contribution >= 4 is 0 Å². The molecule has 0 aliphatic carbocycles. The lowest BCUT2D eigenvalue weighted by atomic mass is 9.82. The van der Waals surface area contributed by atoms with Crippen molar-refractivity contribution in [3.05, 3.63) is 12.2 Å². The van der Waals surface area contributed by atoms with Crippen LogP contribution in [0, 0.1) is 0 Å². The van der Waals surface area contributed by atoms with Crippen molar-refractivity contribution < 1.29 is 0 Å². The molecule has 2 fully saturated rings. The first-order valence-electron chi connectivity index (χ1n) is 4.18. The summed E-state index contributed by atoms with van der Waals surface area (Å²) in [6.07, 6.45) is 3.98. The molecule has 0 aromatic heterocycles. The summed E-state index contributed by atoms with van der Waals surface area (Å²) in [6.45, 7) is 8.83. The molecule has 1 atom stereocenters. The summed E-state index contributed by atoms with van der Waals surface area (Å²) < 4.78 is 0. The van der Waals surface area contributed by atoms with Gasteiger partial charge in [-0.3, -0.25) is 4.90 Å². The lowest BCUT2D eigenvalue weighted by Gasteiger charge is -2.47. The molecule has 2 heterocycles. The molecule has 0 radical (unpaired) electrons. The summed E-state index contributed by atoms with van der Waals surface area (Å²) in [6, 6.07) is 0. The van der Waals surface area contributed by atoms with E-state index >= 15 is 0 Å². The maximum absolute atomic E-state index is 4.05. The second kappa shape index (κ2) is 1.85. The molecule has 0 aromatic rings. The fourth-order valence-corrected chi connectivity index (χ4v) is 2.35. The van der Waals surface area contributed by atoms with Gasteiger partial charge in [-0.1, -0.05) is 19.1 Å². The Hall–Kier alpha value is -0.300. The van der Waals surface area contributed by atoms with Gasteiger partial charge in [-0.25, -0.2) is 0 Å². The molecule has 0 unspecified atom stereocenters. The maximum atomic E-state index is 4.05. The molecule has 2 aliphatic heterocycles. The highest BCUT2D eigenvalue weighted by molar-refractivity contribution is 5.19. The average molecular weight is 137 g/mol. The number of hydrogen-bond acceptors (Lipinski definition) is 1.